The summed E-state index contributed by atoms with van der Waals surface area (Å²) in [5.41, 5.74) is -1.26. The van der Waals surface area contributed by atoms with Gasteiger partial charge in [-0.1, -0.05) is 12.1 Å². The number of nitro groups is 1. The van der Waals surface area contributed by atoms with Crippen LogP contribution in [0.2, 0.25) is 0 Å². The third-order valence-electron chi connectivity index (χ3n) is 2.41. The quantitative estimate of drug-likeness (QED) is 0.494. The average Bonchev–Trinajstić information content (AvgIpc) is 2.28. The Morgan fingerprint density at radius 2 is 2.00 bits per heavy atom. The zero-order valence-corrected chi connectivity index (χ0v) is 10.4. The number of rotatable bonds is 6. The highest BCUT2D eigenvalue weighted by molar-refractivity contribution is 5.69. The molecule has 1 rings (SSSR count). The van der Waals surface area contributed by atoms with Crippen molar-refractivity contribution in [2.75, 3.05) is 13.1 Å². The lowest BCUT2D eigenvalue weighted by Gasteiger charge is -2.21. The second kappa shape index (κ2) is 6.48. The van der Waals surface area contributed by atoms with Crippen molar-refractivity contribution in [1.29, 1.82) is 0 Å². The van der Waals surface area contributed by atoms with E-state index in [0.717, 1.165) is 18.2 Å². The Balaban J connectivity index is 3.00. The van der Waals surface area contributed by atoms with E-state index >= 15 is 0 Å². The van der Waals surface area contributed by atoms with Crippen LogP contribution in [0.3, 0.4) is 0 Å². The number of nitro benzene ring substituents is 1. The van der Waals surface area contributed by atoms with Crippen LogP contribution in [0.1, 0.15) is 5.56 Å². The van der Waals surface area contributed by atoms with Crippen LogP contribution in [0, 0.1) is 15.9 Å². The van der Waals surface area contributed by atoms with Gasteiger partial charge in [0.1, 0.15) is 0 Å². The number of hydrogen-bond donors (Lipinski definition) is 1. The molecule has 0 aliphatic heterocycles. The number of hydrogen-bond acceptors (Lipinski definition) is 4. The fraction of sp³-hybridized carbons (Fsp3) is 0.364. The fourth-order valence-corrected chi connectivity index (χ4v) is 1.68. The molecule has 0 aromatic heterocycles. The first-order chi connectivity index (χ1) is 9.60. The van der Waals surface area contributed by atoms with Gasteiger partial charge < -0.3 is 5.11 Å². The second-order valence-corrected chi connectivity index (χ2v) is 4.16. The van der Waals surface area contributed by atoms with Crippen LogP contribution in [0.25, 0.3) is 0 Å². The monoisotopic (exact) mass is 310 g/mol. The lowest BCUT2D eigenvalue weighted by molar-refractivity contribution is -0.387. The fourth-order valence-electron chi connectivity index (χ4n) is 1.68. The number of benzene rings is 1. The Bertz CT molecular complexity index is 548. The third kappa shape index (κ3) is 5.34. The highest BCUT2D eigenvalue weighted by Gasteiger charge is 2.32. The normalized spacial score (nSPS) is 11.7. The summed E-state index contributed by atoms with van der Waals surface area (Å²) < 4.78 is 50.7. The van der Waals surface area contributed by atoms with Crippen molar-refractivity contribution in [3.8, 4) is 0 Å². The minimum atomic E-state index is -4.67. The van der Waals surface area contributed by atoms with Gasteiger partial charge in [0.15, 0.2) is 0 Å². The van der Waals surface area contributed by atoms with Crippen LogP contribution < -0.4 is 0 Å². The molecule has 116 valence electrons. The van der Waals surface area contributed by atoms with Crippen LogP contribution in [0.15, 0.2) is 18.2 Å². The van der Waals surface area contributed by atoms with Gasteiger partial charge in [0.05, 0.1) is 18.0 Å². The number of carboxylic acid groups (broad SMARTS) is 1. The van der Waals surface area contributed by atoms with E-state index in [1.807, 2.05) is 0 Å². The molecule has 0 saturated heterocycles. The molecule has 0 fully saturated rings. The molecule has 0 aliphatic rings. The van der Waals surface area contributed by atoms with E-state index in [9.17, 15) is 32.5 Å². The summed E-state index contributed by atoms with van der Waals surface area (Å²) >= 11 is 0. The summed E-state index contributed by atoms with van der Waals surface area (Å²) in [6.45, 7) is -3.25. The van der Waals surface area contributed by atoms with E-state index in [-0.39, 0.29) is 5.56 Å². The number of alkyl halides is 3. The molecular weight excluding hydrogens is 300 g/mol. The van der Waals surface area contributed by atoms with E-state index in [2.05, 4.69) is 0 Å². The predicted octanol–water partition coefficient (Wildman–Crippen LogP) is 2.18. The smallest absolute Gasteiger partial charge is 0.401 e. The Kier molecular flexibility index (Phi) is 5.19. The number of aliphatic carboxylic acids is 1. The third-order valence-corrected chi connectivity index (χ3v) is 2.41. The van der Waals surface area contributed by atoms with Gasteiger partial charge in [0.25, 0.3) is 0 Å². The lowest BCUT2D eigenvalue weighted by Crippen LogP contribution is -2.37. The van der Waals surface area contributed by atoms with Crippen molar-refractivity contribution < 1.29 is 32.4 Å². The Morgan fingerprint density at radius 1 is 1.38 bits per heavy atom. The first kappa shape index (κ1) is 16.8. The van der Waals surface area contributed by atoms with Crippen molar-refractivity contribution in [1.82, 2.24) is 4.90 Å². The molecule has 21 heavy (non-hydrogen) atoms. The van der Waals surface area contributed by atoms with E-state index in [4.69, 9.17) is 5.11 Å². The van der Waals surface area contributed by atoms with Crippen LogP contribution in [-0.2, 0) is 11.3 Å². The van der Waals surface area contributed by atoms with Gasteiger partial charge in [-0.15, -0.1) is 0 Å². The zero-order chi connectivity index (χ0) is 16.2. The minimum absolute atomic E-state index is 0.380. The van der Waals surface area contributed by atoms with Gasteiger partial charge in [-0.05, 0) is 0 Å². The number of nitrogens with zero attached hydrogens (tertiary/aromatic N) is 2. The molecule has 0 atom stereocenters. The van der Waals surface area contributed by atoms with Gasteiger partial charge in [0, 0.05) is 18.2 Å². The number of carboxylic acids is 1. The zero-order valence-electron chi connectivity index (χ0n) is 10.4. The van der Waals surface area contributed by atoms with Crippen LogP contribution in [0.5, 0.6) is 0 Å². The number of halogens is 4. The highest BCUT2D eigenvalue weighted by Crippen LogP contribution is 2.23. The van der Waals surface area contributed by atoms with Gasteiger partial charge in [-0.3, -0.25) is 19.8 Å². The average molecular weight is 310 g/mol. The minimum Gasteiger partial charge on any atom is -0.480 e. The Labute approximate surface area is 115 Å². The first-order valence-corrected chi connectivity index (χ1v) is 5.53. The van der Waals surface area contributed by atoms with Crippen molar-refractivity contribution in [2.24, 2.45) is 0 Å². The SMILES string of the molecule is O=C(O)CN(Cc1cccc([N+](=O)[O-])c1F)CC(F)(F)F. The van der Waals surface area contributed by atoms with Gasteiger partial charge >= 0.3 is 17.8 Å². The van der Waals surface area contributed by atoms with Crippen LogP contribution in [0.4, 0.5) is 23.2 Å². The summed E-state index contributed by atoms with van der Waals surface area (Å²) in [5, 5.41) is 19.1. The van der Waals surface area contributed by atoms with Crippen molar-refractivity contribution >= 4 is 11.7 Å². The van der Waals surface area contributed by atoms with E-state index in [0.29, 0.717) is 4.90 Å². The van der Waals surface area contributed by atoms with Crippen molar-refractivity contribution in [3.63, 3.8) is 0 Å². The standard InChI is InChI=1S/C11H10F4N2O4/c12-10-7(2-1-3-8(10)17(20)21)4-16(5-9(18)19)6-11(13,14)15/h1-3H,4-6H2,(H,18,19). The van der Waals surface area contributed by atoms with Gasteiger partial charge in [0.2, 0.25) is 5.82 Å². The highest BCUT2D eigenvalue weighted by atomic mass is 19.4. The van der Waals surface area contributed by atoms with Gasteiger partial charge in [-0.2, -0.15) is 17.6 Å². The largest absolute Gasteiger partial charge is 0.480 e. The predicted molar refractivity (Wildman–Crippen MR) is 62.0 cm³/mol. The van der Waals surface area contributed by atoms with E-state index in [1.165, 1.54) is 0 Å². The lowest BCUT2D eigenvalue weighted by atomic mass is 10.1. The summed E-state index contributed by atoms with van der Waals surface area (Å²) in [4.78, 5) is 20.5. The molecule has 0 aliphatic carbocycles. The van der Waals surface area contributed by atoms with Crippen molar-refractivity contribution in [2.45, 2.75) is 12.7 Å². The van der Waals surface area contributed by atoms with Gasteiger partial charge in [-0.25, -0.2) is 0 Å². The molecule has 0 spiro atoms. The molecule has 1 aromatic rings. The summed E-state index contributed by atoms with van der Waals surface area (Å²) in [7, 11) is 0. The van der Waals surface area contributed by atoms with E-state index in [1.54, 1.807) is 0 Å². The summed E-state index contributed by atoms with van der Waals surface area (Å²) in [6.07, 6.45) is -4.67. The molecule has 0 radical (unpaired) electrons. The summed E-state index contributed by atoms with van der Waals surface area (Å²) in [6, 6.07) is 3.04. The molecule has 0 bridgehead atoms. The summed E-state index contributed by atoms with van der Waals surface area (Å²) in [5.74, 6) is -2.80. The molecule has 6 nitrogen and oxygen atoms in total. The van der Waals surface area contributed by atoms with Crippen LogP contribution >= 0.6 is 0 Å². The van der Waals surface area contributed by atoms with Crippen molar-refractivity contribution in [3.05, 3.63) is 39.7 Å². The number of carbonyl (C=O) groups is 1. The first-order valence-electron chi connectivity index (χ1n) is 5.53. The molecule has 0 saturated carbocycles. The maximum atomic E-state index is 13.8. The molecular formula is C11H10F4N2O4. The Hall–Kier alpha value is -2.23. The van der Waals surface area contributed by atoms with Crippen LogP contribution in [-0.4, -0.2) is 40.2 Å². The molecule has 1 aromatic carbocycles. The second-order valence-electron chi connectivity index (χ2n) is 4.16. The molecule has 0 amide bonds. The molecule has 0 heterocycles. The maximum Gasteiger partial charge on any atom is 0.401 e. The molecule has 10 heteroatoms. The molecule has 0 unspecified atom stereocenters. The van der Waals surface area contributed by atoms with E-state index < -0.39 is 48.2 Å². The topological polar surface area (TPSA) is 83.7 Å². The Morgan fingerprint density at radius 3 is 2.48 bits per heavy atom. The maximum absolute atomic E-state index is 13.8. The molecule has 1 N–H and O–H groups in total.